The van der Waals surface area contributed by atoms with Gasteiger partial charge in [-0.25, -0.2) is 0 Å². The van der Waals surface area contributed by atoms with Gasteiger partial charge in [0.2, 0.25) is 5.91 Å². The van der Waals surface area contributed by atoms with Gasteiger partial charge in [-0.3, -0.25) is 9.59 Å². The lowest BCUT2D eigenvalue weighted by Crippen LogP contribution is -2.35. The van der Waals surface area contributed by atoms with Crippen LogP contribution in [-0.4, -0.2) is 50.2 Å². The highest BCUT2D eigenvalue weighted by atomic mass is 16.5. The van der Waals surface area contributed by atoms with Crippen molar-refractivity contribution in [2.75, 3.05) is 33.4 Å². The predicted molar refractivity (Wildman–Crippen MR) is 73.8 cm³/mol. The van der Waals surface area contributed by atoms with Gasteiger partial charge in [0.05, 0.1) is 13.5 Å². The SMILES string of the molecule is CCOCCCN(CCC(=O)OC)C(=O)CC(C)C. The summed E-state index contributed by atoms with van der Waals surface area (Å²) in [4.78, 5) is 24.9. The van der Waals surface area contributed by atoms with Gasteiger partial charge in [0.1, 0.15) is 0 Å². The van der Waals surface area contributed by atoms with Crippen molar-refractivity contribution >= 4 is 11.9 Å². The fourth-order valence-corrected chi connectivity index (χ4v) is 1.67. The Hall–Kier alpha value is -1.10. The molecule has 5 heteroatoms. The van der Waals surface area contributed by atoms with Crippen LogP contribution in [0, 0.1) is 5.92 Å². The van der Waals surface area contributed by atoms with Crippen LogP contribution in [0.3, 0.4) is 0 Å². The topological polar surface area (TPSA) is 55.8 Å². The van der Waals surface area contributed by atoms with E-state index in [2.05, 4.69) is 4.74 Å². The number of hydrogen-bond acceptors (Lipinski definition) is 4. The summed E-state index contributed by atoms with van der Waals surface area (Å²) in [6.45, 7) is 8.33. The zero-order valence-corrected chi connectivity index (χ0v) is 12.6. The number of hydrogen-bond donors (Lipinski definition) is 0. The third-order valence-corrected chi connectivity index (χ3v) is 2.67. The average Bonchev–Trinajstić information content (AvgIpc) is 2.36. The Kier molecular flexibility index (Phi) is 10.2. The summed E-state index contributed by atoms with van der Waals surface area (Å²) >= 11 is 0. The van der Waals surface area contributed by atoms with Crippen molar-refractivity contribution in [1.29, 1.82) is 0 Å². The first-order valence-electron chi connectivity index (χ1n) is 6.93. The van der Waals surface area contributed by atoms with Crippen LogP contribution >= 0.6 is 0 Å². The highest BCUT2D eigenvalue weighted by Gasteiger charge is 2.16. The zero-order chi connectivity index (χ0) is 14.7. The van der Waals surface area contributed by atoms with Gasteiger partial charge in [0, 0.05) is 32.7 Å². The second-order valence-corrected chi connectivity index (χ2v) is 4.86. The number of rotatable bonds is 10. The molecule has 0 aromatic heterocycles. The summed E-state index contributed by atoms with van der Waals surface area (Å²) in [6, 6.07) is 0. The normalized spacial score (nSPS) is 10.6. The van der Waals surface area contributed by atoms with E-state index in [9.17, 15) is 9.59 Å². The van der Waals surface area contributed by atoms with Crippen molar-refractivity contribution in [3.05, 3.63) is 0 Å². The monoisotopic (exact) mass is 273 g/mol. The minimum Gasteiger partial charge on any atom is -0.469 e. The third-order valence-electron chi connectivity index (χ3n) is 2.67. The van der Waals surface area contributed by atoms with Crippen LogP contribution in [0.4, 0.5) is 0 Å². The van der Waals surface area contributed by atoms with Crippen LogP contribution in [-0.2, 0) is 19.1 Å². The summed E-state index contributed by atoms with van der Waals surface area (Å²) in [5.74, 6) is 0.127. The van der Waals surface area contributed by atoms with E-state index < -0.39 is 0 Å². The van der Waals surface area contributed by atoms with Crippen molar-refractivity contribution < 1.29 is 19.1 Å². The molecule has 0 aliphatic rings. The van der Waals surface area contributed by atoms with Crippen LogP contribution in [0.15, 0.2) is 0 Å². The van der Waals surface area contributed by atoms with Crippen molar-refractivity contribution in [3.8, 4) is 0 Å². The van der Waals surface area contributed by atoms with Crippen molar-refractivity contribution in [3.63, 3.8) is 0 Å². The Bertz CT molecular complexity index is 266. The van der Waals surface area contributed by atoms with Crippen LogP contribution < -0.4 is 0 Å². The highest BCUT2D eigenvalue weighted by molar-refractivity contribution is 5.77. The van der Waals surface area contributed by atoms with Crippen LogP contribution in [0.5, 0.6) is 0 Å². The van der Waals surface area contributed by atoms with E-state index in [1.807, 2.05) is 20.8 Å². The first kappa shape index (κ1) is 17.9. The molecule has 0 unspecified atom stereocenters. The third kappa shape index (κ3) is 9.47. The van der Waals surface area contributed by atoms with Crippen molar-refractivity contribution in [1.82, 2.24) is 4.90 Å². The lowest BCUT2D eigenvalue weighted by molar-refractivity contribution is -0.141. The second kappa shape index (κ2) is 10.8. The molecule has 19 heavy (non-hydrogen) atoms. The fraction of sp³-hybridized carbons (Fsp3) is 0.857. The van der Waals surface area contributed by atoms with Crippen LogP contribution in [0.1, 0.15) is 40.0 Å². The fourth-order valence-electron chi connectivity index (χ4n) is 1.67. The van der Waals surface area contributed by atoms with Crippen molar-refractivity contribution in [2.24, 2.45) is 5.92 Å². The van der Waals surface area contributed by atoms with Crippen LogP contribution in [0.2, 0.25) is 0 Å². The molecule has 0 saturated heterocycles. The molecule has 0 aliphatic heterocycles. The molecular weight excluding hydrogens is 246 g/mol. The van der Waals surface area contributed by atoms with Gasteiger partial charge in [0.15, 0.2) is 0 Å². The number of carbonyl (C=O) groups is 2. The molecule has 0 N–H and O–H groups in total. The number of carbonyl (C=O) groups excluding carboxylic acids is 2. The number of esters is 1. The predicted octanol–water partition coefficient (Wildman–Crippen LogP) is 1.85. The van der Waals surface area contributed by atoms with Crippen LogP contribution in [0.25, 0.3) is 0 Å². The summed E-state index contributed by atoms with van der Waals surface area (Å²) in [5.41, 5.74) is 0. The number of methoxy groups -OCH3 is 1. The van der Waals surface area contributed by atoms with Gasteiger partial charge >= 0.3 is 5.97 Å². The molecule has 1 amide bonds. The molecule has 0 fully saturated rings. The van der Waals surface area contributed by atoms with Gasteiger partial charge < -0.3 is 14.4 Å². The van der Waals surface area contributed by atoms with Gasteiger partial charge in [-0.1, -0.05) is 13.8 Å². The smallest absolute Gasteiger partial charge is 0.307 e. The molecule has 0 heterocycles. The highest BCUT2D eigenvalue weighted by Crippen LogP contribution is 2.06. The Labute approximate surface area is 116 Å². The molecule has 0 aromatic carbocycles. The Morgan fingerprint density at radius 2 is 1.89 bits per heavy atom. The lowest BCUT2D eigenvalue weighted by atomic mass is 10.1. The Morgan fingerprint density at radius 3 is 2.42 bits per heavy atom. The number of ether oxygens (including phenoxy) is 2. The standard InChI is InChI=1S/C14H27NO4/c1-5-19-10-6-8-15(9-7-14(17)18-4)13(16)11-12(2)3/h12H,5-11H2,1-4H3. The van der Waals surface area contributed by atoms with E-state index in [0.717, 1.165) is 6.42 Å². The molecule has 0 spiro atoms. The maximum atomic E-state index is 12.1. The van der Waals surface area contributed by atoms with E-state index in [4.69, 9.17) is 4.74 Å². The molecular formula is C14H27NO4. The van der Waals surface area contributed by atoms with E-state index in [1.54, 1.807) is 4.90 Å². The first-order chi connectivity index (χ1) is 9.01. The molecule has 0 bridgehead atoms. The molecule has 0 aliphatic carbocycles. The van der Waals surface area contributed by atoms with Crippen molar-refractivity contribution in [2.45, 2.75) is 40.0 Å². The second-order valence-electron chi connectivity index (χ2n) is 4.86. The van der Waals surface area contributed by atoms with Gasteiger partial charge in [-0.2, -0.15) is 0 Å². The molecule has 0 rings (SSSR count). The first-order valence-corrected chi connectivity index (χ1v) is 6.93. The minimum atomic E-state index is -0.285. The van der Waals surface area contributed by atoms with E-state index in [-0.39, 0.29) is 18.3 Å². The van der Waals surface area contributed by atoms with Gasteiger partial charge in [-0.05, 0) is 19.3 Å². The Balaban J connectivity index is 4.20. The number of amides is 1. The quantitative estimate of drug-likeness (QED) is 0.450. The summed E-state index contributed by atoms with van der Waals surface area (Å²) in [5, 5.41) is 0. The molecule has 5 nitrogen and oxygen atoms in total. The Morgan fingerprint density at radius 1 is 1.21 bits per heavy atom. The van der Waals surface area contributed by atoms with Gasteiger partial charge in [0.25, 0.3) is 0 Å². The lowest BCUT2D eigenvalue weighted by Gasteiger charge is -2.23. The molecule has 0 radical (unpaired) electrons. The summed E-state index contributed by atoms with van der Waals surface area (Å²) in [7, 11) is 1.36. The zero-order valence-electron chi connectivity index (χ0n) is 12.6. The minimum absolute atomic E-state index is 0.0930. The summed E-state index contributed by atoms with van der Waals surface area (Å²) < 4.78 is 9.86. The molecule has 0 atom stereocenters. The largest absolute Gasteiger partial charge is 0.469 e. The average molecular weight is 273 g/mol. The maximum Gasteiger partial charge on any atom is 0.307 e. The van der Waals surface area contributed by atoms with Gasteiger partial charge in [-0.15, -0.1) is 0 Å². The summed E-state index contributed by atoms with van der Waals surface area (Å²) in [6.07, 6.45) is 1.55. The van der Waals surface area contributed by atoms with E-state index in [0.29, 0.717) is 38.6 Å². The van der Waals surface area contributed by atoms with E-state index in [1.165, 1.54) is 7.11 Å². The molecule has 0 aromatic rings. The number of nitrogens with zero attached hydrogens (tertiary/aromatic N) is 1. The van der Waals surface area contributed by atoms with E-state index >= 15 is 0 Å². The molecule has 0 saturated carbocycles. The maximum absolute atomic E-state index is 12.1. The molecule has 112 valence electrons.